The highest BCUT2D eigenvalue weighted by atomic mass is 16.2. The van der Waals surface area contributed by atoms with Gasteiger partial charge in [0.15, 0.2) is 0 Å². The van der Waals surface area contributed by atoms with E-state index in [1.807, 2.05) is 53.8 Å². The van der Waals surface area contributed by atoms with Crippen molar-refractivity contribution in [1.29, 1.82) is 0 Å². The number of hydrogen-bond acceptors (Lipinski definition) is 5. The van der Waals surface area contributed by atoms with Gasteiger partial charge in [-0.3, -0.25) is 4.79 Å². The van der Waals surface area contributed by atoms with Crippen LogP contribution in [0.3, 0.4) is 0 Å². The lowest BCUT2D eigenvalue weighted by Gasteiger charge is -2.21. The Kier molecular flexibility index (Phi) is 5.29. The summed E-state index contributed by atoms with van der Waals surface area (Å²) in [6, 6.07) is 9.88. The molecule has 1 amide bonds. The van der Waals surface area contributed by atoms with Gasteiger partial charge in [0, 0.05) is 42.5 Å². The van der Waals surface area contributed by atoms with Crippen LogP contribution in [0.4, 0.5) is 5.82 Å². The molecule has 0 saturated carbocycles. The number of aryl methyl sites for hydroxylation is 2. The summed E-state index contributed by atoms with van der Waals surface area (Å²) < 4.78 is 2.01. The van der Waals surface area contributed by atoms with Gasteiger partial charge in [0.05, 0.1) is 11.1 Å². The third-order valence-electron chi connectivity index (χ3n) is 6.74. The van der Waals surface area contributed by atoms with Gasteiger partial charge in [-0.25, -0.2) is 15.0 Å². The number of nitrogens with two attached hydrogens (primary N) is 1. The van der Waals surface area contributed by atoms with Gasteiger partial charge in [-0.05, 0) is 56.0 Å². The number of fused-ring (bicyclic) bond motifs is 1. The van der Waals surface area contributed by atoms with E-state index < -0.39 is 0 Å². The number of likely N-dealkylation sites (tertiary alicyclic amines) is 1. The summed E-state index contributed by atoms with van der Waals surface area (Å²) in [5.74, 6) is 3.06. The number of terminal acetylenes is 1. The topological polar surface area (TPSA) is 89.9 Å². The predicted molar refractivity (Wildman–Crippen MR) is 134 cm³/mol. The number of aromatic nitrogens is 4. The van der Waals surface area contributed by atoms with Crippen LogP contribution in [0.5, 0.6) is 0 Å². The third kappa shape index (κ3) is 3.39. The fraction of sp³-hybridized carbons (Fsp3) is 0.259. The van der Waals surface area contributed by atoms with E-state index in [9.17, 15) is 4.79 Å². The Labute approximate surface area is 198 Å². The van der Waals surface area contributed by atoms with Crippen molar-refractivity contribution in [3.8, 4) is 34.7 Å². The summed E-state index contributed by atoms with van der Waals surface area (Å²) in [6.45, 7) is 4.92. The van der Waals surface area contributed by atoms with Crippen molar-refractivity contribution in [3.63, 3.8) is 0 Å². The smallest absolute Gasteiger partial charge is 0.254 e. The number of anilines is 1. The molecule has 1 atom stereocenters. The monoisotopic (exact) mass is 450 g/mol. The number of carbonyl (C=O) groups is 1. The zero-order valence-corrected chi connectivity index (χ0v) is 19.5. The lowest BCUT2D eigenvalue weighted by Crippen LogP contribution is -2.33. The van der Waals surface area contributed by atoms with Crippen LogP contribution in [0.15, 0.2) is 42.9 Å². The van der Waals surface area contributed by atoms with Crippen molar-refractivity contribution < 1.29 is 4.79 Å². The Morgan fingerprint density at radius 3 is 2.62 bits per heavy atom. The number of amides is 1. The van der Waals surface area contributed by atoms with Crippen molar-refractivity contribution in [1.82, 2.24) is 24.4 Å². The van der Waals surface area contributed by atoms with Gasteiger partial charge in [0.1, 0.15) is 23.5 Å². The maximum atomic E-state index is 13.0. The molecule has 1 aliphatic heterocycles. The van der Waals surface area contributed by atoms with Crippen LogP contribution in [0.25, 0.3) is 33.4 Å². The second-order valence-corrected chi connectivity index (χ2v) is 8.84. The van der Waals surface area contributed by atoms with E-state index in [2.05, 4.69) is 27.8 Å². The highest BCUT2D eigenvalue weighted by Gasteiger charge is 2.27. The lowest BCUT2D eigenvalue weighted by atomic mass is 9.96. The SMILES string of the molecule is C#Cc1cc(C)c(-c2c(-c3ccc(C(=O)N4CCC[C@@H]4C)cc3)c3c(N)ncnc3n2C)cn1. The quantitative estimate of drug-likeness (QED) is 0.473. The highest BCUT2D eigenvalue weighted by molar-refractivity contribution is 6.08. The molecule has 4 aromatic rings. The number of pyridine rings is 1. The summed E-state index contributed by atoms with van der Waals surface area (Å²) in [5.41, 5.74) is 13.0. The van der Waals surface area contributed by atoms with E-state index in [1.54, 1.807) is 6.20 Å². The third-order valence-corrected chi connectivity index (χ3v) is 6.74. The minimum absolute atomic E-state index is 0.0717. The van der Waals surface area contributed by atoms with Crippen LogP contribution >= 0.6 is 0 Å². The van der Waals surface area contributed by atoms with Crippen LogP contribution in [-0.4, -0.2) is 42.9 Å². The molecule has 1 aliphatic rings. The van der Waals surface area contributed by atoms with Gasteiger partial charge in [-0.1, -0.05) is 18.1 Å². The Bertz CT molecular complexity index is 1460. The fourth-order valence-electron chi connectivity index (χ4n) is 4.94. The second-order valence-electron chi connectivity index (χ2n) is 8.84. The molecule has 0 aliphatic carbocycles. The van der Waals surface area contributed by atoms with E-state index in [4.69, 9.17) is 12.2 Å². The van der Waals surface area contributed by atoms with E-state index in [-0.39, 0.29) is 11.9 Å². The molecular formula is C27H26N6O. The van der Waals surface area contributed by atoms with Gasteiger partial charge in [-0.2, -0.15) is 0 Å². The van der Waals surface area contributed by atoms with Crippen molar-refractivity contribution >= 4 is 22.8 Å². The Balaban J connectivity index is 1.68. The van der Waals surface area contributed by atoms with Crippen LogP contribution in [-0.2, 0) is 7.05 Å². The number of hydrogen-bond donors (Lipinski definition) is 1. The van der Waals surface area contributed by atoms with Gasteiger partial charge in [0.2, 0.25) is 0 Å². The van der Waals surface area contributed by atoms with E-state index >= 15 is 0 Å². The Hall–Kier alpha value is -4.18. The molecule has 5 rings (SSSR count). The first-order valence-corrected chi connectivity index (χ1v) is 11.3. The molecule has 1 aromatic carbocycles. The molecule has 7 nitrogen and oxygen atoms in total. The van der Waals surface area contributed by atoms with E-state index in [0.717, 1.165) is 58.4 Å². The summed E-state index contributed by atoms with van der Waals surface area (Å²) in [5, 5.41) is 0.771. The largest absolute Gasteiger partial charge is 0.383 e. The average molecular weight is 451 g/mol. The van der Waals surface area contributed by atoms with Gasteiger partial charge >= 0.3 is 0 Å². The van der Waals surface area contributed by atoms with Crippen LogP contribution in [0.1, 0.15) is 41.4 Å². The van der Waals surface area contributed by atoms with Crippen LogP contribution < -0.4 is 5.73 Å². The zero-order chi connectivity index (χ0) is 24.0. The first-order chi connectivity index (χ1) is 16.4. The molecule has 3 aromatic heterocycles. The molecule has 7 heteroatoms. The maximum absolute atomic E-state index is 13.0. The molecule has 34 heavy (non-hydrogen) atoms. The van der Waals surface area contributed by atoms with Crippen molar-refractivity contribution in [3.05, 3.63) is 59.7 Å². The molecule has 0 radical (unpaired) electrons. The molecule has 4 heterocycles. The molecule has 170 valence electrons. The molecular weight excluding hydrogens is 424 g/mol. The van der Waals surface area contributed by atoms with E-state index in [1.165, 1.54) is 6.33 Å². The van der Waals surface area contributed by atoms with Crippen LogP contribution in [0, 0.1) is 19.3 Å². The fourth-order valence-corrected chi connectivity index (χ4v) is 4.94. The number of rotatable bonds is 3. The number of nitrogens with zero attached hydrogens (tertiary/aromatic N) is 5. The number of nitrogen functional groups attached to an aromatic ring is 1. The van der Waals surface area contributed by atoms with Crippen molar-refractivity contribution in [2.75, 3.05) is 12.3 Å². The molecule has 1 fully saturated rings. The minimum Gasteiger partial charge on any atom is -0.383 e. The lowest BCUT2D eigenvalue weighted by molar-refractivity contribution is 0.0747. The summed E-state index contributed by atoms with van der Waals surface area (Å²) in [7, 11) is 1.95. The summed E-state index contributed by atoms with van der Waals surface area (Å²) in [6.07, 6.45) is 10.9. The summed E-state index contributed by atoms with van der Waals surface area (Å²) in [4.78, 5) is 28.2. The highest BCUT2D eigenvalue weighted by Crippen LogP contribution is 2.42. The second kappa shape index (κ2) is 8.31. The van der Waals surface area contributed by atoms with E-state index in [0.29, 0.717) is 17.1 Å². The normalized spacial score (nSPS) is 15.6. The van der Waals surface area contributed by atoms with Gasteiger partial charge in [0.25, 0.3) is 5.91 Å². The van der Waals surface area contributed by atoms with Crippen molar-refractivity contribution in [2.45, 2.75) is 32.7 Å². The average Bonchev–Trinajstić information content (AvgIpc) is 3.40. The predicted octanol–water partition coefficient (Wildman–Crippen LogP) is 4.19. The minimum atomic E-state index is 0.0717. The van der Waals surface area contributed by atoms with Gasteiger partial charge < -0.3 is 15.2 Å². The maximum Gasteiger partial charge on any atom is 0.254 e. The number of carbonyl (C=O) groups excluding carboxylic acids is 1. The Morgan fingerprint density at radius 2 is 1.97 bits per heavy atom. The summed E-state index contributed by atoms with van der Waals surface area (Å²) >= 11 is 0. The molecule has 0 unspecified atom stereocenters. The Morgan fingerprint density at radius 1 is 1.21 bits per heavy atom. The van der Waals surface area contributed by atoms with Gasteiger partial charge in [-0.15, -0.1) is 6.42 Å². The first kappa shape index (κ1) is 21.7. The molecule has 2 N–H and O–H groups in total. The zero-order valence-electron chi connectivity index (χ0n) is 19.5. The first-order valence-electron chi connectivity index (χ1n) is 11.3. The van der Waals surface area contributed by atoms with Crippen LogP contribution in [0.2, 0.25) is 0 Å². The van der Waals surface area contributed by atoms with Crippen molar-refractivity contribution in [2.24, 2.45) is 7.05 Å². The number of benzene rings is 1. The standard InChI is InChI=1S/C27H26N6O/c1-5-20-13-16(2)21(14-29-20)24-22(23-25(28)30-15-31-26(23)32(24)4)18-8-10-19(11-9-18)27(34)33-12-6-7-17(33)3/h1,8-11,13-15,17H,6-7,12H2,2-4H3,(H2,28,30,31)/t17-/m0/s1. The molecule has 0 spiro atoms. The molecule has 0 bridgehead atoms. The molecule has 1 saturated heterocycles.